The predicted octanol–water partition coefficient (Wildman–Crippen LogP) is 2.06. The van der Waals surface area contributed by atoms with Crippen molar-refractivity contribution in [2.45, 2.75) is 64.2 Å². The lowest BCUT2D eigenvalue weighted by molar-refractivity contribution is -0.142. The Morgan fingerprint density at radius 1 is 0.864 bits per heavy atom. The zero-order chi connectivity index (χ0) is 16.5. The van der Waals surface area contributed by atoms with Gasteiger partial charge in [-0.05, 0) is 19.4 Å². The van der Waals surface area contributed by atoms with Crippen LogP contribution in [0.2, 0.25) is 0 Å². The second kappa shape index (κ2) is 16.2. The molecule has 0 aromatic carbocycles. The fourth-order valence-electron chi connectivity index (χ4n) is 2.21. The van der Waals surface area contributed by atoms with Gasteiger partial charge in [0, 0.05) is 0 Å². The van der Waals surface area contributed by atoms with E-state index in [9.17, 15) is 9.59 Å². The number of carboxylic acids is 1. The second-order valence-corrected chi connectivity index (χ2v) is 5.53. The van der Waals surface area contributed by atoms with Crippen molar-refractivity contribution in [3.8, 4) is 0 Å². The summed E-state index contributed by atoms with van der Waals surface area (Å²) in [7, 11) is 0. The molecule has 0 heterocycles. The van der Waals surface area contributed by atoms with Gasteiger partial charge >= 0.3 is 11.9 Å². The second-order valence-electron chi connectivity index (χ2n) is 5.53. The molecular formula is C16H32N2O4. The van der Waals surface area contributed by atoms with Gasteiger partial charge < -0.3 is 20.9 Å². The number of rotatable bonds is 16. The molecule has 0 rings (SSSR count). The van der Waals surface area contributed by atoms with Crippen LogP contribution in [0, 0.1) is 0 Å². The van der Waals surface area contributed by atoms with Gasteiger partial charge in [0.25, 0.3) is 0 Å². The quantitative estimate of drug-likeness (QED) is 0.297. The highest BCUT2D eigenvalue weighted by atomic mass is 16.5. The van der Waals surface area contributed by atoms with E-state index in [0.29, 0.717) is 6.61 Å². The Morgan fingerprint density at radius 3 is 1.86 bits per heavy atom. The van der Waals surface area contributed by atoms with Crippen LogP contribution in [-0.2, 0) is 14.3 Å². The number of carbonyl (C=O) groups is 2. The van der Waals surface area contributed by atoms with Crippen LogP contribution in [0.3, 0.4) is 0 Å². The number of nitrogens with two attached hydrogens (primary N) is 1. The van der Waals surface area contributed by atoms with Gasteiger partial charge in [-0.15, -0.1) is 0 Å². The van der Waals surface area contributed by atoms with Crippen molar-refractivity contribution in [1.82, 2.24) is 5.32 Å². The summed E-state index contributed by atoms with van der Waals surface area (Å²) in [4.78, 5) is 21.1. The van der Waals surface area contributed by atoms with Gasteiger partial charge in [0.05, 0.1) is 19.7 Å². The molecule has 0 bridgehead atoms. The van der Waals surface area contributed by atoms with Crippen molar-refractivity contribution in [3.05, 3.63) is 0 Å². The van der Waals surface area contributed by atoms with Crippen LogP contribution >= 0.6 is 0 Å². The van der Waals surface area contributed by atoms with Crippen LogP contribution in [0.15, 0.2) is 0 Å². The molecule has 0 fully saturated rings. The van der Waals surface area contributed by atoms with E-state index in [1.54, 1.807) is 0 Å². The number of carboxylic acid groups (broad SMARTS) is 1. The number of nitrogens with one attached hydrogen (secondary N) is 1. The van der Waals surface area contributed by atoms with Gasteiger partial charge in [-0.1, -0.05) is 51.4 Å². The maximum atomic E-state index is 10.8. The van der Waals surface area contributed by atoms with Crippen molar-refractivity contribution >= 4 is 11.9 Å². The summed E-state index contributed by atoms with van der Waals surface area (Å²) in [5.74, 6) is -1.12. The van der Waals surface area contributed by atoms with E-state index >= 15 is 0 Å². The first-order valence-electron chi connectivity index (χ1n) is 8.45. The summed E-state index contributed by atoms with van der Waals surface area (Å²) >= 11 is 0. The summed E-state index contributed by atoms with van der Waals surface area (Å²) < 4.78 is 4.90. The number of esters is 1. The molecule has 22 heavy (non-hydrogen) atoms. The average Bonchev–Trinajstić information content (AvgIpc) is 2.50. The van der Waals surface area contributed by atoms with Gasteiger partial charge in [-0.2, -0.15) is 0 Å². The highest BCUT2D eigenvalue weighted by Gasteiger charge is 1.98. The first kappa shape index (κ1) is 20.9. The van der Waals surface area contributed by atoms with Crippen molar-refractivity contribution in [2.24, 2.45) is 5.73 Å². The van der Waals surface area contributed by atoms with Crippen LogP contribution in [0.5, 0.6) is 0 Å². The van der Waals surface area contributed by atoms with Crippen LogP contribution in [0.1, 0.15) is 64.2 Å². The van der Waals surface area contributed by atoms with Gasteiger partial charge in [-0.3, -0.25) is 9.59 Å². The van der Waals surface area contributed by atoms with Gasteiger partial charge in [0.2, 0.25) is 0 Å². The maximum absolute atomic E-state index is 10.8. The number of hydrogen-bond acceptors (Lipinski definition) is 5. The molecule has 6 nitrogen and oxygen atoms in total. The summed E-state index contributed by atoms with van der Waals surface area (Å²) in [5.41, 5.74) is 5.14. The van der Waals surface area contributed by atoms with Gasteiger partial charge in [-0.25, -0.2) is 0 Å². The molecule has 4 N–H and O–H groups in total. The molecule has 0 radical (unpaired) electrons. The van der Waals surface area contributed by atoms with E-state index < -0.39 is 5.97 Å². The lowest BCUT2D eigenvalue weighted by atomic mass is 10.1. The Morgan fingerprint density at radius 2 is 1.36 bits per heavy atom. The molecule has 0 aliphatic rings. The zero-order valence-electron chi connectivity index (χ0n) is 13.6. The number of carbonyl (C=O) groups excluding carboxylic acids is 1. The summed E-state index contributed by atoms with van der Waals surface area (Å²) in [6, 6.07) is 0. The van der Waals surface area contributed by atoms with Crippen molar-refractivity contribution in [2.75, 3.05) is 26.2 Å². The Bertz CT molecular complexity index is 285. The third kappa shape index (κ3) is 16.9. The van der Waals surface area contributed by atoms with E-state index in [0.717, 1.165) is 25.8 Å². The number of unbranched alkanes of at least 4 members (excludes halogenated alkanes) is 9. The standard InChI is InChI=1S/C16H32N2O4/c17-13-16(21)22-12-10-8-6-4-2-1-3-5-7-9-11-18-14-15(19)20/h18H,1-14,17H2,(H,19,20). The van der Waals surface area contributed by atoms with E-state index in [4.69, 9.17) is 15.6 Å². The zero-order valence-corrected chi connectivity index (χ0v) is 13.6. The number of aliphatic carboxylic acids is 1. The molecule has 0 unspecified atom stereocenters. The normalized spacial score (nSPS) is 10.6. The average molecular weight is 316 g/mol. The van der Waals surface area contributed by atoms with Crippen LogP contribution in [0.25, 0.3) is 0 Å². The monoisotopic (exact) mass is 316 g/mol. The molecule has 0 aliphatic heterocycles. The highest BCUT2D eigenvalue weighted by molar-refractivity contribution is 5.71. The van der Waals surface area contributed by atoms with Crippen molar-refractivity contribution in [1.29, 1.82) is 0 Å². The fourth-order valence-corrected chi connectivity index (χ4v) is 2.21. The maximum Gasteiger partial charge on any atom is 0.319 e. The van der Waals surface area contributed by atoms with E-state index in [1.807, 2.05) is 0 Å². The summed E-state index contributed by atoms with van der Waals surface area (Å²) in [5, 5.41) is 11.3. The SMILES string of the molecule is NCC(=O)OCCCCCCCCCCCCNCC(=O)O. The van der Waals surface area contributed by atoms with Crippen LogP contribution < -0.4 is 11.1 Å². The molecule has 0 amide bonds. The minimum absolute atomic E-state index is 0.0321. The predicted molar refractivity (Wildman–Crippen MR) is 86.7 cm³/mol. The topological polar surface area (TPSA) is 102 Å². The first-order chi connectivity index (χ1) is 10.7. The number of ether oxygens (including phenoxy) is 1. The molecular weight excluding hydrogens is 284 g/mol. The molecule has 0 aromatic heterocycles. The Hall–Kier alpha value is -1.14. The minimum Gasteiger partial charge on any atom is -0.480 e. The largest absolute Gasteiger partial charge is 0.480 e. The van der Waals surface area contributed by atoms with Gasteiger partial charge in [0.15, 0.2) is 0 Å². The molecule has 6 heteroatoms. The first-order valence-corrected chi connectivity index (χ1v) is 8.45. The van der Waals surface area contributed by atoms with Crippen molar-refractivity contribution < 1.29 is 19.4 Å². The van der Waals surface area contributed by atoms with Crippen molar-refractivity contribution in [3.63, 3.8) is 0 Å². The number of hydrogen-bond donors (Lipinski definition) is 3. The minimum atomic E-state index is -0.794. The molecule has 0 aliphatic carbocycles. The Labute approximate surface area is 133 Å². The Kier molecular flexibility index (Phi) is 15.4. The molecule has 130 valence electrons. The smallest absolute Gasteiger partial charge is 0.319 e. The van der Waals surface area contributed by atoms with Crippen LogP contribution in [-0.4, -0.2) is 43.3 Å². The van der Waals surface area contributed by atoms with E-state index in [-0.39, 0.29) is 19.1 Å². The lowest BCUT2D eigenvalue weighted by Gasteiger charge is -2.04. The summed E-state index contributed by atoms with van der Waals surface area (Å²) in [6.45, 7) is 1.31. The molecule has 0 aromatic rings. The summed E-state index contributed by atoms with van der Waals surface area (Å²) in [6.07, 6.45) is 11.7. The fraction of sp³-hybridized carbons (Fsp3) is 0.875. The molecule has 0 atom stereocenters. The highest BCUT2D eigenvalue weighted by Crippen LogP contribution is 2.10. The Balaban J connectivity index is 3.02. The molecule has 0 spiro atoms. The molecule has 0 saturated carbocycles. The third-order valence-electron chi connectivity index (χ3n) is 3.45. The third-order valence-corrected chi connectivity index (χ3v) is 3.45. The van der Waals surface area contributed by atoms with E-state index in [1.165, 1.54) is 44.9 Å². The lowest BCUT2D eigenvalue weighted by Crippen LogP contribution is -2.23. The van der Waals surface area contributed by atoms with E-state index in [2.05, 4.69) is 5.32 Å². The van der Waals surface area contributed by atoms with Gasteiger partial charge in [0.1, 0.15) is 0 Å². The molecule has 0 saturated heterocycles. The van der Waals surface area contributed by atoms with Crippen LogP contribution in [0.4, 0.5) is 0 Å².